The number of para-hydroxylation sites is 1. The predicted octanol–water partition coefficient (Wildman–Crippen LogP) is 2.97. The van der Waals surface area contributed by atoms with Crippen LogP contribution in [0, 0.1) is 5.92 Å². The molecule has 1 amide bonds. The van der Waals surface area contributed by atoms with Gasteiger partial charge < -0.3 is 14.6 Å². The summed E-state index contributed by atoms with van der Waals surface area (Å²) in [5.74, 6) is 0.0851. The number of aromatic nitrogens is 1. The lowest BCUT2D eigenvalue weighted by atomic mass is 9.99. The highest BCUT2D eigenvalue weighted by atomic mass is 16.5. The number of carbonyl (C=O) groups is 2. The van der Waals surface area contributed by atoms with Crippen molar-refractivity contribution in [3.05, 3.63) is 36.0 Å². The van der Waals surface area contributed by atoms with E-state index in [0.29, 0.717) is 11.5 Å². The van der Waals surface area contributed by atoms with Crippen molar-refractivity contribution in [2.24, 2.45) is 5.92 Å². The van der Waals surface area contributed by atoms with E-state index in [0.717, 1.165) is 36.8 Å². The minimum absolute atomic E-state index is 0.106. The molecular formula is C18H22N2O3. The first-order valence-corrected chi connectivity index (χ1v) is 8.12. The second kappa shape index (κ2) is 6.44. The van der Waals surface area contributed by atoms with E-state index in [4.69, 9.17) is 4.74 Å². The van der Waals surface area contributed by atoms with Gasteiger partial charge in [-0.2, -0.15) is 0 Å². The van der Waals surface area contributed by atoms with Gasteiger partial charge in [0.15, 0.2) is 6.10 Å². The van der Waals surface area contributed by atoms with Crippen LogP contribution in [0.4, 0.5) is 0 Å². The Balaban J connectivity index is 1.66. The second-order valence-corrected chi connectivity index (χ2v) is 6.30. The van der Waals surface area contributed by atoms with E-state index in [2.05, 4.69) is 11.9 Å². The number of carbonyl (C=O) groups excluding carboxylic acids is 2. The first-order valence-electron chi connectivity index (χ1n) is 8.12. The molecule has 0 aliphatic carbocycles. The van der Waals surface area contributed by atoms with Gasteiger partial charge in [-0.15, -0.1) is 0 Å². The van der Waals surface area contributed by atoms with Crippen LogP contribution < -0.4 is 0 Å². The Morgan fingerprint density at radius 3 is 2.70 bits per heavy atom. The van der Waals surface area contributed by atoms with E-state index >= 15 is 0 Å². The average molecular weight is 314 g/mol. The molecule has 1 fully saturated rings. The monoisotopic (exact) mass is 314 g/mol. The third-order valence-corrected chi connectivity index (χ3v) is 4.54. The number of aromatic amines is 1. The highest BCUT2D eigenvalue weighted by Crippen LogP contribution is 2.20. The number of esters is 1. The normalized spacial score (nSPS) is 17.2. The van der Waals surface area contributed by atoms with Crippen LogP contribution in [-0.4, -0.2) is 41.0 Å². The average Bonchev–Trinajstić information content (AvgIpc) is 2.99. The van der Waals surface area contributed by atoms with E-state index < -0.39 is 12.1 Å². The Morgan fingerprint density at radius 1 is 1.26 bits per heavy atom. The van der Waals surface area contributed by atoms with Gasteiger partial charge in [-0.3, -0.25) is 4.79 Å². The number of ether oxygens (including phenoxy) is 1. The summed E-state index contributed by atoms with van der Waals surface area (Å²) in [5.41, 5.74) is 1.34. The molecule has 1 aliphatic heterocycles. The Morgan fingerprint density at radius 2 is 1.96 bits per heavy atom. The van der Waals surface area contributed by atoms with Gasteiger partial charge in [-0.25, -0.2) is 4.79 Å². The zero-order valence-electron chi connectivity index (χ0n) is 13.5. The maximum atomic E-state index is 12.4. The van der Waals surface area contributed by atoms with Crippen molar-refractivity contribution in [1.29, 1.82) is 0 Å². The second-order valence-electron chi connectivity index (χ2n) is 6.30. The molecule has 0 saturated carbocycles. The van der Waals surface area contributed by atoms with Crippen molar-refractivity contribution >= 4 is 22.8 Å². The molecule has 1 atom stereocenters. The molecule has 5 nitrogen and oxygen atoms in total. The van der Waals surface area contributed by atoms with Crippen LogP contribution in [0.15, 0.2) is 30.5 Å². The van der Waals surface area contributed by atoms with Crippen LogP contribution in [0.25, 0.3) is 10.9 Å². The zero-order valence-corrected chi connectivity index (χ0v) is 13.5. The quantitative estimate of drug-likeness (QED) is 0.886. The van der Waals surface area contributed by atoms with Crippen molar-refractivity contribution in [1.82, 2.24) is 9.88 Å². The van der Waals surface area contributed by atoms with Gasteiger partial charge >= 0.3 is 5.97 Å². The van der Waals surface area contributed by atoms with Crippen LogP contribution in [0.3, 0.4) is 0 Å². The van der Waals surface area contributed by atoms with Crippen molar-refractivity contribution in [2.75, 3.05) is 13.1 Å². The van der Waals surface area contributed by atoms with Gasteiger partial charge in [0.25, 0.3) is 5.91 Å². The minimum Gasteiger partial charge on any atom is -0.449 e. The maximum absolute atomic E-state index is 12.4. The lowest BCUT2D eigenvalue weighted by Crippen LogP contribution is -2.44. The molecule has 2 aromatic rings. The highest BCUT2D eigenvalue weighted by molar-refractivity contribution is 6.04. The van der Waals surface area contributed by atoms with E-state index in [1.54, 1.807) is 18.0 Å². The molecular weight excluding hydrogens is 292 g/mol. The van der Waals surface area contributed by atoms with Crippen LogP contribution in [-0.2, 0) is 9.53 Å². The smallest absolute Gasteiger partial charge is 0.341 e. The van der Waals surface area contributed by atoms with Crippen molar-refractivity contribution in [2.45, 2.75) is 32.8 Å². The predicted molar refractivity (Wildman–Crippen MR) is 88.2 cm³/mol. The number of fused-ring (bicyclic) bond motifs is 1. The fourth-order valence-electron chi connectivity index (χ4n) is 3.00. The first-order chi connectivity index (χ1) is 11.1. The van der Waals surface area contributed by atoms with Gasteiger partial charge in [-0.05, 0) is 31.7 Å². The molecule has 1 N–H and O–H groups in total. The van der Waals surface area contributed by atoms with Gasteiger partial charge in [0.05, 0.1) is 5.56 Å². The summed E-state index contributed by atoms with van der Waals surface area (Å²) in [4.78, 5) is 29.6. The van der Waals surface area contributed by atoms with Gasteiger partial charge in [0, 0.05) is 30.2 Å². The third-order valence-electron chi connectivity index (χ3n) is 4.54. The molecule has 1 aliphatic rings. The van der Waals surface area contributed by atoms with Gasteiger partial charge in [0.1, 0.15) is 0 Å². The van der Waals surface area contributed by atoms with Crippen LogP contribution in [0.1, 0.15) is 37.0 Å². The van der Waals surface area contributed by atoms with E-state index in [1.807, 2.05) is 24.3 Å². The summed E-state index contributed by atoms with van der Waals surface area (Å²) in [6.07, 6.45) is 2.89. The van der Waals surface area contributed by atoms with Gasteiger partial charge in [-0.1, -0.05) is 25.1 Å². The van der Waals surface area contributed by atoms with Crippen molar-refractivity contribution in [3.63, 3.8) is 0 Å². The number of H-pyrrole nitrogens is 1. The van der Waals surface area contributed by atoms with E-state index in [-0.39, 0.29) is 5.91 Å². The van der Waals surface area contributed by atoms with Crippen molar-refractivity contribution in [3.8, 4) is 0 Å². The summed E-state index contributed by atoms with van der Waals surface area (Å²) in [7, 11) is 0. The molecule has 1 saturated heterocycles. The number of benzene rings is 1. The summed E-state index contributed by atoms with van der Waals surface area (Å²) in [5, 5.41) is 0.809. The Bertz CT molecular complexity index is 714. The molecule has 1 aromatic carbocycles. The van der Waals surface area contributed by atoms with Crippen LogP contribution in [0.2, 0.25) is 0 Å². The molecule has 3 rings (SSSR count). The molecule has 122 valence electrons. The molecule has 2 heterocycles. The summed E-state index contributed by atoms with van der Waals surface area (Å²) in [6, 6.07) is 7.53. The minimum atomic E-state index is -0.760. The lowest BCUT2D eigenvalue weighted by Gasteiger charge is -2.31. The SMILES string of the molecule is CC1CCN(C(=O)[C@H](C)OC(=O)c2c[nH]c3ccccc23)CC1. The molecule has 0 unspecified atom stereocenters. The number of piperidine rings is 1. The first kappa shape index (κ1) is 15.6. The van der Waals surface area contributed by atoms with Gasteiger partial charge in [0.2, 0.25) is 0 Å². The molecule has 0 radical (unpaired) electrons. The van der Waals surface area contributed by atoms with E-state index in [1.165, 1.54) is 0 Å². The fraction of sp³-hybridized carbons (Fsp3) is 0.444. The number of nitrogens with zero attached hydrogens (tertiary/aromatic N) is 1. The van der Waals surface area contributed by atoms with Crippen LogP contribution in [0.5, 0.6) is 0 Å². The molecule has 0 spiro atoms. The largest absolute Gasteiger partial charge is 0.449 e. The maximum Gasteiger partial charge on any atom is 0.341 e. The third kappa shape index (κ3) is 3.23. The number of hydrogen-bond donors (Lipinski definition) is 1. The zero-order chi connectivity index (χ0) is 16.4. The fourth-order valence-corrected chi connectivity index (χ4v) is 3.00. The summed E-state index contributed by atoms with van der Waals surface area (Å²) < 4.78 is 5.39. The van der Waals surface area contributed by atoms with E-state index in [9.17, 15) is 9.59 Å². The van der Waals surface area contributed by atoms with Crippen molar-refractivity contribution < 1.29 is 14.3 Å². The Labute approximate surface area is 135 Å². The molecule has 1 aromatic heterocycles. The Kier molecular flexibility index (Phi) is 4.37. The van der Waals surface area contributed by atoms with Crippen LogP contribution >= 0.6 is 0 Å². The molecule has 5 heteroatoms. The molecule has 0 bridgehead atoms. The number of rotatable bonds is 3. The number of likely N-dealkylation sites (tertiary alicyclic amines) is 1. The highest BCUT2D eigenvalue weighted by Gasteiger charge is 2.27. The summed E-state index contributed by atoms with van der Waals surface area (Å²) in [6.45, 7) is 5.33. The lowest BCUT2D eigenvalue weighted by molar-refractivity contribution is -0.141. The summed E-state index contributed by atoms with van der Waals surface area (Å²) >= 11 is 0. The number of nitrogens with one attached hydrogen (secondary N) is 1. The topological polar surface area (TPSA) is 62.4 Å². The number of hydrogen-bond acceptors (Lipinski definition) is 3. The standard InChI is InChI=1S/C18H22N2O3/c1-12-7-9-20(10-8-12)17(21)13(2)23-18(22)15-11-19-16-6-4-3-5-14(15)16/h3-6,11-13,19H,7-10H2,1-2H3/t13-/m0/s1. The molecule has 23 heavy (non-hydrogen) atoms. The number of amides is 1. The Hall–Kier alpha value is -2.30.